The van der Waals surface area contributed by atoms with Crippen molar-refractivity contribution < 1.29 is 34.2 Å². The van der Waals surface area contributed by atoms with Crippen LogP contribution < -0.4 is 33.2 Å². The Labute approximate surface area is 214 Å². The summed E-state index contributed by atoms with van der Waals surface area (Å²) in [6, 6.07) is -4.53. The zero-order valence-corrected chi connectivity index (χ0v) is 21.7. The van der Waals surface area contributed by atoms with Crippen molar-refractivity contribution in [3.05, 3.63) is 0 Å². The number of aliphatic carboxylic acids is 2. The average Bonchev–Trinajstić information content (AvgIpc) is 2.79. The van der Waals surface area contributed by atoms with Gasteiger partial charge < -0.3 is 43.4 Å². The van der Waals surface area contributed by atoms with Gasteiger partial charge in [0.15, 0.2) is 5.96 Å². The Morgan fingerprint density at radius 1 is 0.861 bits per heavy atom. The second-order valence-corrected chi connectivity index (χ2v) is 9.44. The molecule has 3 amide bonds. The summed E-state index contributed by atoms with van der Waals surface area (Å²) in [6.07, 6.45) is 1.67. The Bertz CT molecular complexity index is 791. The molecule has 0 fully saturated rings. The van der Waals surface area contributed by atoms with Crippen molar-refractivity contribution in [3.8, 4) is 0 Å². The van der Waals surface area contributed by atoms with Crippen molar-refractivity contribution in [1.82, 2.24) is 16.0 Å². The van der Waals surface area contributed by atoms with Gasteiger partial charge in [0.25, 0.3) is 0 Å². The number of nitrogens with two attached hydrogens (primary N) is 3. The summed E-state index contributed by atoms with van der Waals surface area (Å²) < 4.78 is 0. The number of rotatable bonds is 18. The number of carboxylic acid groups (broad SMARTS) is 2. The van der Waals surface area contributed by atoms with Gasteiger partial charge in [0.2, 0.25) is 17.7 Å². The first-order valence-corrected chi connectivity index (χ1v) is 12.8. The first kappa shape index (κ1) is 32.9. The van der Waals surface area contributed by atoms with Crippen LogP contribution in [-0.2, 0) is 24.0 Å². The van der Waals surface area contributed by atoms with Crippen molar-refractivity contribution >= 4 is 47.4 Å². The van der Waals surface area contributed by atoms with E-state index in [0.29, 0.717) is 5.75 Å². The van der Waals surface area contributed by atoms with Gasteiger partial charge in [0.1, 0.15) is 18.1 Å². The van der Waals surface area contributed by atoms with Gasteiger partial charge in [-0.05, 0) is 43.6 Å². The van der Waals surface area contributed by atoms with Crippen LogP contribution >= 0.6 is 11.8 Å². The molecule has 0 spiro atoms. The van der Waals surface area contributed by atoms with E-state index in [-0.39, 0.29) is 44.1 Å². The van der Waals surface area contributed by atoms with Gasteiger partial charge in [-0.2, -0.15) is 11.8 Å². The summed E-state index contributed by atoms with van der Waals surface area (Å²) in [6.45, 7) is 3.61. The molecule has 4 atom stereocenters. The van der Waals surface area contributed by atoms with E-state index in [4.69, 9.17) is 22.3 Å². The van der Waals surface area contributed by atoms with Crippen LogP contribution in [0.4, 0.5) is 0 Å². The van der Waals surface area contributed by atoms with Gasteiger partial charge in [-0.25, -0.2) is 4.79 Å². The molecule has 0 aliphatic rings. The third-order valence-electron chi connectivity index (χ3n) is 5.10. The lowest BCUT2D eigenvalue weighted by Gasteiger charge is -2.25. The number of carbonyl (C=O) groups excluding carboxylic acids is 3. The molecule has 0 aromatic carbocycles. The lowest BCUT2D eigenvalue weighted by Crippen LogP contribution is -2.57. The fourth-order valence-electron chi connectivity index (χ4n) is 2.92. The third kappa shape index (κ3) is 13.7. The topological polar surface area (TPSA) is 252 Å². The molecule has 0 aliphatic carbocycles. The standard InChI is InChI=1S/C21H39N7O7S/c1-11(2)16(22)19(33)27-12(6-7-15(29)30)17(31)26-13(8-10-36-3)18(32)28-14(20(34)35)5-4-9-25-21(23)24/h11-14,16H,4-10,22H2,1-3H3,(H,26,31)(H,27,33)(H,28,32)(H,29,30)(H,34,35)(H4,23,24,25). The molecule has 4 unspecified atom stereocenters. The minimum Gasteiger partial charge on any atom is -0.481 e. The molecule has 15 heteroatoms. The van der Waals surface area contributed by atoms with Gasteiger partial charge in [-0.15, -0.1) is 0 Å². The molecule has 0 aliphatic heterocycles. The normalized spacial score (nSPS) is 14.1. The van der Waals surface area contributed by atoms with Crippen LogP contribution in [-0.4, -0.2) is 88.6 Å². The molecule has 0 heterocycles. The van der Waals surface area contributed by atoms with Crippen LogP contribution in [0.25, 0.3) is 0 Å². The van der Waals surface area contributed by atoms with E-state index in [9.17, 15) is 29.1 Å². The monoisotopic (exact) mass is 533 g/mol. The van der Waals surface area contributed by atoms with Crippen molar-refractivity contribution in [2.24, 2.45) is 28.1 Å². The smallest absolute Gasteiger partial charge is 0.326 e. The Morgan fingerprint density at radius 3 is 1.86 bits per heavy atom. The fourth-order valence-corrected chi connectivity index (χ4v) is 3.39. The van der Waals surface area contributed by atoms with Gasteiger partial charge in [-0.1, -0.05) is 13.8 Å². The number of carbonyl (C=O) groups is 5. The van der Waals surface area contributed by atoms with Crippen LogP contribution in [0.1, 0.15) is 46.0 Å². The van der Waals surface area contributed by atoms with E-state index < -0.39 is 60.2 Å². The van der Waals surface area contributed by atoms with Crippen molar-refractivity contribution in [2.45, 2.75) is 70.1 Å². The number of hydrogen-bond donors (Lipinski definition) is 8. The highest BCUT2D eigenvalue weighted by Gasteiger charge is 2.30. The molecule has 0 aromatic heterocycles. The van der Waals surface area contributed by atoms with Gasteiger partial charge in [0.05, 0.1) is 6.04 Å². The number of nitrogens with zero attached hydrogens (tertiary/aromatic N) is 1. The summed E-state index contributed by atoms with van der Waals surface area (Å²) in [4.78, 5) is 64.6. The molecule has 0 bridgehead atoms. The molecular weight excluding hydrogens is 494 g/mol. The number of hydrogen-bond acceptors (Lipinski definition) is 8. The van der Waals surface area contributed by atoms with E-state index >= 15 is 0 Å². The Kier molecular flexibility index (Phi) is 15.9. The van der Waals surface area contributed by atoms with Crippen molar-refractivity contribution in [2.75, 3.05) is 18.6 Å². The molecule has 206 valence electrons. The molecule has 0 rings (SSSR count). The minimum atomic E-state index is -1.27. The predicted molar refractivity (Wildman–Crippen MR) is 136 cm³/mol. The Hall–Kier alpha value is -3.07. The SMILES string of the molecule is CSCCC(NC(=O)C(CCC(=O)O)NC(=O)C(N)C(C)C)C(=O)NC(CCCN=C(N)N)C(=O)O. The second kappa shape index (κ2) is 17.4. The van der Waals surface area contributed by atoms with Gasteiger partial charge in [-0.3, -0.25) is 24.2 Å². The highest BCUT2D eigenvalue weighted by atomic mass is 32.2. The number of aliphatic imine (C=N–C) groups is 1. The lowest BCUT2D eigenvalue weighted by atomic mass is 10.0. The molecule has 11 N–H and O–H groups in total. The number of amides is 3. The van der Waals surface area contributed by atoms with E-state index in [2.05, 4.69) is 20.9 Å². The van der Waals surface area contributed by atoms with Gasteiger partial charge in [0, 0.05) is 13.0 Å². The molecule has 0 radical (unpaired) electrons. The minimum absolute atomic E-state index is 0.0471. The highest BCUT2D eigenvalue weighted by molar-refractivity contribution is 7.98. The largest absolute Gasteiger partial charge is 0.481 e. The summed E-state index contributed by atoms with van der Waals surface area (Å²) in [5.41, 5.74) is 16.3. The third-order valence-corrected chi connectivity index (χ3v) is 5.75. The fraction of sp³-hybridized carbons (Fsp3) is 0.714. The highest BCUT2D eigenvalue weighted by Crippen LogP contribution is 2.07. The maximum Gasteiger partial charge on any atom is 0.326 e. The first-order valence-electron chi connectivity index (χ1n) is 11.5. The average molecular weight is 534 g/mol. The summed E-state index contributed by atoms with van der Waals surface area (Å²) >= 11 is 1.41. The molecular formula is C21H39N7O7S. The summed E-state index contributed by atoms with van der Waals surface area (Å²) in [7, 11) is 0. The lowest BCUT2D eigenvalue weighted by molar-refractivity contribution is -0.142. The molecule has 0 saturated heterocycles. The molecule has 14 nitrogen and oxygen atoms in total. The van der Waals surface area contributed by atoms with Crippen LogP contribution in [0.15, 0.2) is 4.99 Å². The number of guanidine groups is 1. The Balaban J connectivity index is 5.49. The van der Waals surface area contributed by atoms with Crippen molar-refractivity contribution in [1.29, 1.82) is 0 Å². The maximum absolute atomic E-state index is 13.0. The van der Waals surface area contributed by atoms with Gasteiger partial charge >= 0.3 is 11.9 Å². The number of nitrogens with one attached hydrogen (secondary N) is 3. The van der Waals surface area contributed by atoms with E-state index in [1.165, 1.54) is 11.8 Å². The zero-order valence-electron chi connectivity index (χ0n) is 20.9. The van der Waals surface area contributed by atoms with Crippen LogP contribution in [0.2, 0.25) is 0 Å². The first-order chi connectivity index (χ1) is 16.8. The van der Waals surface area contributed by atoms with Crippen LogP contribution in [0, 0.1) is 5.92 Å². The predicted octanol–water partition coefficient (Wildman–Crippen LogP) is -1.82. The van der Waals surface area contributed by atoms with E-state index in [1.54, 1.807) is 20.1 Å². The van der Waals surface area contributed by atoms with Crippen LogP contribution in [0.3, 0.4) is 0 Å². The van der Waals surface area contributed by atoms with E-state index in [0.717, 1.165) is 0 Å². The number of carboxylic acids is 2. The number of thioether (sulfide) groups is 1. The van der Waals surface area contributed by atoms with E-state index in [1.807, 2.05) is 0 Å². The maximum atomic E-state index is 13.0. The summed E-state index contributed by atoms with van der Waals surface area (Å²) in [5, 5.41) is 25.9. The van der Waals surface area contributed by atoms with Crippen molar-refractivity contribution in [3.63, 3.8) is 0 Å². The second-order valence-electron chi connectivity index (χ2n) is 8.45. The zero-order chi connectivity index (χ0) is 27.8. The molecule has 36 heavy (non-hydrogen) atoms. The molecule has 0 aromatic rings. The quantitative estimate of drug-likeness (QED) is 0.0553. The van der Waals surface area contributed by atoms with Crippen LogP contribution in [0.5, 0.6) is 0 Å². The summed E-state index contributed by atoms with van der Waals surface area (Å²) in [5.74, 6) is -4.47. The molecule has 0 saturated carbocycles. The Morgan fingerprint density at radius 2 is 1.39 bits per heavy atom.